The van der Waals surface area contributed by atoms with E-state index in [0.29, 0.717) is 12.0 Å². The van der Waals surface area contributed by atoms with Crippen LogP contribution in [0.25, 0.3) is 11.1 Å². The van der Waals surface area contributed by atoms with Crippen molar-refractivity contribution in [3.05, 3.63) is 72.1 Å². The molecule has 1 aromatic heterocycles. The molecule has 0 unspecified atom stereocenters. The second-order valence-electron chi connectivity index (χ2n) is 8.06. The molecule has 0 amide bonds. The van der Waals surface area contributed by atoms with Crippen LogP contribution in [0.15, 0.2) is 65.9 Å². The molecule has 0 aliphatic carbocycles. The molecule has 0 atom stereocenters. The third kappa shape index (κ3) is 3.66. The Morgan fingerprint density at radius 2 is 1.75 bits per heavy atom. The number of hydrogen-bond donors (Lipinski definition) is 0. The molecule has 2 aromatic carbocycles. The fourth-order valence-electron chi connectivity index (χ4n) is 4.47. The van der Waals surface area contributed by atoms with Gasteiger partial charge in [-0.1, -0.05) is 18.2 Å². The number of fused-ring (bicyclic) bond motifs is 1. The third-order valence-electron chi connectivity index (χ3n) is 6.13. The highest BCUT2D eigenvalue weighted by atomic mass is 16.5. The Labute approximate surface area is 186 Å². The molecule has 3 heterocycles. The molecule has 0 saturated carbocycles. The van der Waals surface area contributed by atoms with Crippen molar-refractivity contribution in [1.29, 1.82) is 10.5 Å². The molecule has 2 aliphatic rings. The Hall–Kier alpha value is -4.23. The normalized spacial score (nSPS) is 17.8. The molecule has 7 heteroatoms. The Balaban J connectivity index is 1.44. The quantitative estimate of drug-likeness (QED) is 0.579. The molecule has 156 valence electrons. The molecule has 7 nitrogen and oxygen atoms in total. The van der Waals surface area contributed by atoms with Gasteiger partial charge in [0.05, 0.1) is 17.3 Å². The third-order valence-corrected chi connectivity index (χ3v) is 6.13. The number of ether oxygens (including phenoxy) is 1. The molecule has 1 spiro atoms. The number of piperidine rings is 1. The number of nitrogens with zero attached hydrogens (tertiary/aromatic N) is 6. The molecule has 0 radical (unpaired) electrons. The van der Waals surface area contributed by atoms with Crippen molar-refractivity contribution < 1.29 is 4.74 Å². The van der Waals surface area contributed by atoms with Crippen LogP contribution in [-0.4, -0.2) is 34.4 Å². The minimum atomic E-state index is -0.393. The molecule has 0 bridgehead atoms. The van der Waals surface area contributed by atoms with Crippen LogP contribution in [0.4, 0.5) is 5.95 Å². The first-order valence-corrected chi connectivity index (χ1v) is 10.5. The van der Waals surface area contributed by atoms with E-state index in [4.69, 9.17) is 4.74 Å². The van der Waals surface area contributed by atoms with E-state index >= 15 is 0 Å². The summed E-state index contributed by atoms with van der Waals surface area (Å²) in [5, 5.41) is 18.5. The van der Waals surface area contributed by atoms with E-state index in [2.05, 4.69) is 25.9 Å². The summed E-state index contributed by atoms with van der Waals surface area (Å²) in [6, 6.07) is 17.4. The number of aromatic nitrogens is 2. The van der Waals surface area contributed by atoms with Crippen LogP contribution in [0.3, 0.4) is 0 Å². The Morgan fingerprint density at radius 3 is 2.50 bits per heavy atom. The van der Waals surface area contributed by atoms with Gasteiger partial charge in [0.25, 0.3) is 0 Å². The van der Waals surface area contributed by atoms with Gasteiger partial charge in [-0.15, -0.1) is 0 Å². The summed E-state index contributed by atoms with van der Waals surface area (Å²) in [5.41, 5.74) is 3.70. The maximum atomic E-state index is 9.34. The van der Waals surface area contributed by atoms with Crippen LogP contribution in [0.1, 0.15) is 30.4 Å². The lowest BCUT2D eigenvalue weighted by Crippen LogP contribution is -2.51. The van der Waals surface area contributed by atoms with Gasteiger partial charge in [-0.2, -0.15) is 15.5 Å². The number of hydrogen-bond acceptors (Lipinski definition) is 7. The highest BCUT2D eigenvalue weighted by molar-refractivity contribution is 6.05. The zero-order valence-electron chi connectivity index (χ0n) is 17.4. The summed E-state index contributed by atoms with van der Waals surface area (Å²) in [5.74, 6) is 1.48. The van der Waals surface area contributed by atoms with Gasteiger partial charge in [0, 0.05) is 50.3 Å². The molecular weight excluding hydrogens is 400 g/mol. The average molecular weight is 420 g/mol. The van der Waals surface area contributed by atoms with Gasteiger partial charge in [-0.3, -0.25) is 0 Å². The maximum Gasteiger partial charge on any atom is 0.225 e. The summed E-state index contributed by atoms with van der Waals surface area (Å²) in [7, 11) is 0. The van der Waals surface area contributed by atoms with E-state index in [9.17, 15) is 10.5 Å². The lowest BCUT2D eigenvalue weighted by molar-refractivity contribution is 0.0447. The summed E-state index contributed by atoms with van der Waals surface area (Å²) in [4.78, 5) is 15.0. The maximum absolute atomic E-state index is 9.34. The summed E-state index contributed by atoms with van der Waals surface area (Å²) in [6.07, 6.45) is 7.64. The zero-order chi connectivity index (χ0) is 22.0. The summed E-state index contributed by atoms with van der Waals surface area (Å²) >= 11 is 0. The largest absolute Gasteiger partial charge is 0.486 e. The highest BCUT2D eigenvalue weighted by Crippen LogP contribution is 2.41. The monoisotopic (exact) mass is 420 g/mol. The number of rotatable bonds is 2. The second-order valence-corrected chi connectivity index (χ2v) is 8.06. The van der Waals surface area contributed by atoms with Crippen molar-refractivity contribution in [2.45, 2.75) is 24.9 Å². The molecule has 5 rings (SSSR count). The minimum absolute atomic E-state index is 0.393. The predicted molar refractivity (Wildman–Crippen MR) is 120 cm³/mol. The van der Waals surface area contributed by atoms with E-state index in [-0.39, 0.29) is 0 Å². The van der Waals surface area contributed by atoms with Crippen LogP contribution in [-0.2, 0) is 0 Å². The molecule has 32 heavy (non-hydrogen) atoms. The van der Waals surface area contributed by atoms with Gasteiger partial charge in [0.15, 0.2) is 0 Å². The van der Waals surface area contributed by atoms with Gasteiger partial charge in [0.2, 0.25) is 12.1 Å². The molecule has 0 N–H and O–H groups in total. The van der Waals surface area contributed by atoms with Crippen molar-refractivity contribution in [3.8, 4) is 29.1 Å². The molecular formula is C25H20N6O. The lowest BCUT2D eigenvalue weighted by atomic mass is 9.81. The van der Waals surface area contributed by atoms with Gasteiger partial charge >= 0.3 is 0 Å². The number of benzene rings is 2. The first-order valence-electron chi connectivity index (χ1n) is 10.5. The van der Waals surface area contributed by atoms with Gasteiger partial charge < -0.3 is 9.64 Å². The van der Waals surface area contributed by atoms with E-state index in [0.717, 1.165) is 60.0 Å². The lowest BCUT2D eigenvalue weighted by Gasteiger charge is -2.44. The first-order chi connectivity index (χ1) is 15.7. The topological polar surface area (TPSA) is 98.2 Å². The van der Waals surface area contributed by atoms with Crippen LogP contribution in [0.2, 0.25) is 0 Å². The summed E-state index contributed by atoms with van der Waals surface area (Å²) < 4.78 is 6.55. The first kappa shape index (κ1) is 19.7. The Morgan fingerprint density at radius 1 is 0.969 bits per heavy atom. The van der Waals surface area contributed by atoms with E-state index < -0.39 is 5.60 Å². The van der Waals surface area contributed by atoms with Crippen LogP contribution >= 0.6 is 0 Å². The van der Waals surface area contributed by atoms with E-state index in [1.165, 1.54) is 0 Å². The van der Waals surface area contributed by atoms with Crippen LogP contribution in [0.5, 0.6) is 5.75 Å². The molecule has 1 saturated heterocycles. The van der Waals surface area contributed by atoms with Crippen molar-refractivity contribution >= 4 is 11.7 Å². The standard InChI is InChI=1S/C25H20N6O/c26-16-18-3-1-4-19(13-18)20-5-6-23-21(14-20)22(30-17-27)15-25(32-23)7-11-31(12-8-25)24-28-9-2-10-29-24/h1-6,9-10,13-14H,7-8,11-12,15H2/b30-22+. The fourth-order valence-corrected chi connectivity index (χ4v) is 4.47. The van der Waals surface area contributed by atoms with Crippen molar-refractivity contribution in [2.75, 3.05) is 18.0 Å². The molecule has 3 aromatic rings. The Bertz CT molecular complexity index is 1260. The van der Waals surface area contributed by atoms with Crippen LogP contribution in [0, 0.1) is 22.8 Å². The molecule has 2 aliphatic heterocycles. The number of aliphatic imine (C=N–C) groups is 1. The van der Waals surface area contributed by atoms with Crippen molar-refractivity contribution in [1.82, 2.24) is 9.97 Å². The van der Waals surface area contributed by atoms with Gasteiger partial charge in [-0.25, -0.2) is 9.97 Å². The van der Waals surface area contributed by atoms with E-state index in [1.54, 1.807) is 18.5 Å². The fraction of sp³-hybridized carbons (Fsp3) is 0.240. The minimum Gasteiger partial charge on any atom is -0.486 e. The number of anilines is 1. The molecule has 1 fully saturated rings. The zero-order valence-corrected chi connectivity index (χ0v) is 17.4. The average Bonchev–Trinajstić information content (AvgIpc) is 2.85. The highest BCUT2D eigenvalue weighted by Gasteiger charge is 2.42. The smallest absolute Gasteiger partial charge is 0.225 e. The van der Waals surface area contributed by atoms with E-state index in [1.807, 2.05) is 48.7 Å². The van der Waals surface area contributed by atoms with Crippen LogP contribution < -0.4 is 9.64 Å². The Kier molecular flexibility index (Phi) is 5.01. The second kappa shape index (κ2) is 8.13. The number of nitriles is 2. The van der Waals surface area contributed by atoms with Crippen molar-refractivity contribution in [2.24, 2.45) is 4.99 Å². The van der Waals surface area contributed by atoms with Gasteiger partial charge in [0.1, 0.15) is 11.4 Å². The predicted octanol–water partition coefficient (Wildman–Crippen LogP) is 4.11. The van der Waals surface area contributed by atoms with Crippen molar-refractivity contribution in [3.63, 3.8) is 0 Å². The summed E-state index contributed by atoms with van der Waals surface area (Å²) in [6.45, 7) is 1.55. The van der Waals surface area contributed by atoms with Gasteiger partial charge in [-0.05, 0) is 41.5 Å². The SMILES string of the molecule is N#C/N=C1\CC2(CCN(c3ncccn3)CC2)Oc2ccc(-c3cccc(C#N)c3)cc21.